The molecule has 2 fully saturated rings. The van der Waals surface area contributed by atoms with Gasteiger partial charge in [-0.05, 0) is 44.2 Å². The highest BCUT2D eigenvalue weighted by Crippen LogP contribution is 2.32. The van der Waals surface area contributed by atoms with Crippen LogP contribution in [0, 0.1) is 11.8 Å². The second-order valence-corrected chi connectivity index (χ2v) is 9.00. The summed E-state index contributed by atoms with van der Waals surface area (Å²) in [6.45, 7) is 6.83. The molecule has 0 spiro atoms. The number of piperidine rings is 2. The maximum Gasteiger partial charge on any atom is 0.244 e. The molecule has 2 aliphatic rings. The number of carbonyl (C=O) groups is 1. The van der Waals surface area contributed by atoms with E-state index in [1.165, 1.54) is 6.26 Å². The quantitative estimate of drug-likeness (QED) is 0.814. The van der Waals surface area contributed by atoms with Crippen molar-refractivity contribution in [3.8, 4) is 0 Å². The first-order valence-electron chi connectivity index (χ1n) is 7.46. The molecule has 0 radical (unpaired) electrons. The van der Waals surface area contributed by atoms with Gasteiger partial charge in [0.05, 0.1) is 0 Å². The molecule has 20 heavy (non-hydrogen) atoms. The van der Waals surface area contributed by atoms with E-state index in [1.54, 1.807) is 4.90 Å². The molecule has 116 valence electrons. The van der Waals surface area contributed by atoms with Crippen LogP contribution in [0.3, 0.4) is 0 Å². The number of rotatable bonds is 2. The largest absolute Gasteiger partial charge is 0.341 e. The van der Waals surface area contributed by atoms with Crippen molar-refractivity contribution in [3.05, 3.63) is 0 Å². The first-order chi connectivity index (χ1) is 9.26. The molecule has 2 atom stereocenters. The molecule has 0 bridgehead atoms. The molecule has 0 aromatic carbocycles. The van der Waals surface area contributed by atoms with Crippen LogP contribution >= 0.6 is 0 Å². The molecule has 0 aromatic heterocycles. The third kappa shape index (κ3) is 2.86. The molecule has 2 heterocycles. The van der Waals surface area contributed by atoms with E-state index in [-0.39, 0.29) is 5.91 Å². The summed E-state index contributed by atoms with van der Waals surface area (Å²) in [6.07, 6.45) is 3.11. The molecule has 2 saturated heterocycles. The van der Waals surface area contributed by atoms with Gasteiger partial charge in [0.25, 0.3) is 0 Å². The van der Waals surface area contributed by atoms with Gasteiger partial charge in [-0.15, -0.1) is 0 Å². The van der Waals surface area contributed by atoms with Crippen LogP contribution in [-0.2, 0) is 14.6 Å². The summed E-state index contributed by atoms with van der Waals surface area (Å²) in [6, 6.07) is 0. The second-order valence-electron chi connectivity index (χ2n) is 6.67. The topological polar surface area (TPSA) is 66.5 Å². The number of sulfone groups is 1. The van der Waals surface area contributed by atoms with Crippen LogP contribution in [0.1, 0.15) is 33.1 Å². The lowest BCUT2D eigenvalue weighted by molar-refractivity contribution is -0.137. The highest BCUT2D eigenvalue weighted by atomic mass is 32.2. The molecule has 0 aromatic rings. The Morgan fingerprint density at radius 1 is 1.15 bits per heavy atom. The lowest BCUT2D eigenvalue weighted by Gasteiger charge is -2.42. The predicted octanol–water partition coefficient (Wildman–Crippen LogP) is 0.658. The number of hydrogen-bond acceptors (Lipinski definition) is 4. The lowest BCUT2D eigenvalue weighted by Crippen LogP contribution is -2.60. The van der Waals surface area contributed by atoms with Crippen molar-refractivity contribution >= 4 is 15.7 Å². The smallest absolute Gasteiger partial charge is 0.244 e. The molecule has 1 amide bonds. The summed E-state index contributed by atoms with van der Waals surface area (Å²) in [5.41, 5.74) is 0. The number of likely N-dealkylation sites (tertiary alicyclic amines) is 1. The highest BCUT2D eigenvalue weighted by Gasteiger charge is 2.51. The van der Waals surface area contributed by atoms with Crippen molar-refractivity contribution in [2.75, 3.05) is 32.4 Å². The fourth-order valence-electron chi connectivity index (χ4n) is 3.69. The second kappa shape index (κ2) is 5.64. The lowest BCUT2D eigenvalue weighted by atomic mass is 9.89. The molecule has 2 aliphatic heterocycles. The first kappa shape index (κ1) is 15.8. The van der Waals surface area contributed by atoms with Crippen molar-refractivity contribution in [1.29, 1.82) is 0 Å². The van der Waals surface area contributed by atoms with Gasteiger partial charge >= 0.3 is 0 Å². The average Bonchev–Trinajstić information content (AvgIpc) is 2.36. The van der Waals surface area contributed by atoms with Crippen molar-refractivity contribution < 1.29 is 13.2 Å². The Bertz CT molecular complexity index is 459. The van der Waals surface area contributed by atoms with Crippen LogP contribution in [0.2, 0.25) is 0 Å². The SMILES string of the molecule is CC1CC(C)CN(C(=O)C2(S(C)(=O)=O)CCNCC2)C1. The van der Waals surface area contributed by atoms with E-state index in [2.05, 4.69) is 19.2 Å². The Balaban J connectivity index is 2.27. The van der Waals surface area contributed by atoms with Crippen LogP contribution in [0.25, 0.3) is 0 Å². The zero-order valence-corrected chi connectivity index (χ0v) is 13.5. The van der Waals surface area contributed by atoms with Gasteiger partial charge in [-0.2, -0.15) is 0 Å². The van der Waals surface area contributed by atoms with Gasteiger partial charge in [0.15, 0.2) is 14.6 Å². The van der Waals surface area contributed by atoms with Crippen LogP contribution in [0.15, 0.2) is 0 Å². The molecule has 0 aliphatic carbocycles. The van der Waals surface area contributed by atoms with E-state index in [1.807, 2.05) is 0 Å². The third-order valence-electron chi connectivity index (χ3n) is 4.67. The monoisotopic (exact) mass is 302 g/mol. The molecule has 0 saturated carbocycles. The Labute approximate surface area is 122 Å². The summed E-state index contributed by atoms with van der Waals surface area (Å²) >= 11 is 0. The van der Waals surface area contributed by atoms with E-state index in [4.69, 9.17) is 0 Å². The minimum atomic E-state index is -3.40. The van der Waals surface area contributed by atoms with Crippen LogP contribution in [-0.4, -0.2) is 56.4 Å². The fourth-order valence-corrected chi connectivity index (χ4v) is 5.08. The molecule has 2 rings (SSSR count). The molecule has 6 heteroatoms. The summed E-state index contributed by atoms with van der Waals surface area (Å²) in [7, 11) is -3.40. The summed E-state index contributed by atoms with van der Waals surface area (Å²) < 4.78 is 23.4. The van der Waals surface area contributed by atoms with Crippen molar-refractivity contribution in [2.45, 2.75) is 37.9 Å². The van der Waals surface area contributed by atoms with Gasteiger partial charge in [0.2, 0.25) is 5.91 Å². The normalized spacial score (nSPS) is 31.1. The van der Waals surface area contributed by atoms with Crippen molar-refractivity contribution in [3.63, 3.8) is 0 Å². The van der Waals surface area contributed by atoms with E-state index in [0.717, 1.165) is 6.42 Å². The Hall–Kier alpha value is -0.620. The number of nitrogens with one attached hydrogen (secondary N) is 1. The van der Waals surface area contributed by atoms with E-state index < -0.39 is 14.6 Å². The maximum atomic E-state index is 12.9. The van der Waals surface area contributed by atoms with Crippen molar-refractivity contribution in [2.24, 2.45) is 11.8 Å². The van der Waals surface area contributed by atoms with Gasteiger partial charge in [-0.3, -0.25) is 4.79 Å². The molecular weight excluding hydrogens is 276 g/mol. The Kier molecular flexibility index (Phi) is 4.44. The highest BCUT2D eigenvalue weighted by molar-refractivity contribution is 7.92. The third-order valence-corrected chi connectivity index (χ3v) is 6.67. The van der Waals surface area contributed by atoms with E-state index >= 15 is 0 Å². The van der Waals surface area contributed by atoms with Gasteiger partial charge < -0.3 is 10.2 Å². The average molecular weight is 302 g/mol. The van der Waals surface area contributed by atoms with Crippen molar-refractivity contribution in [1.82, 2.24) is 10.2 Å². The van der Waals surface area contributed by atoms with Gasteiger partial charge in [-0.1, -0.05) is 13.8 Å². The predicted molar refractivity (Wildman–Crippen MR) is 79.2 cm³/mol. The number of hydrogen-bond donors (Lipinski definition) is 1. The number of nitrogens with zero attached hydrogens (tertiary/aromatic N) is 1. The van der Waals surface area contributed by atoms with Crippen LogP contribution < -0.4 is 5.32 Å². The number of carbonyl (C=O) groups excluding carboxylic acids is 1. The zero-order valence-electron chi connectivity index (χ0n) is 12.7. The molecular formula is C14H26N2O3S. The fraction of sp³-hybridized carbons (Fsp3) is 0.929. The summed E-state index contributed by atoms with van der Waals surface area (Å²) in [4.78, 5) is 14.7. The maximum absolute atomic E-state index is 12.9. The van der Waals surface area contributed by atoms with Crippen LogP contribution in [0.5, 0.6) is 0 Å². The number of amides is 1. The van der Waals surface area contributed by atoms with Gasteiger partial charge in [-0.25, -0.2) is 8.42 Å². The Morgan fingerprint density at radius 2 is 1.65 bits per heavy atom. The molecule has 5 nitrogen and oxygen atoms in total. The van der Waals surface area contributed by atoms with E-state index in [0.29, 0.717) is 50.9 Å². The standard InChI is InChI=1S/C14H26N2O3S/c1-11-8-12(2)10-16(9-11)13(17)14(20(3,18)19)4-6-15-7-5-14/h11-12,15H,4-10H2,1-3H3. The summed E-state index contributed by atoms with van der Waals surface area (Å²) in [5, 5.41) is 3.15. The van der Waals surface area contributed by atoms with Gasteiger partial charge in [0, 0.05) is 19.3 Å². The van der Waals surface area contributed by atoms with Crippen LogP contribution in [0.4, 0.5) is 0 Å². The zero-order chi connectivity index (χ0) is 15.0. The minimum absolute atomic E-state index is 0.167. The first-order valence-corrected chi connectivity index (χ1v) is 9.35. The minimum Gasteiger partial charge on any atom is -0.341 e. The van der Waals surface area contributed by atoms with E-state index in [9.17, 15) is 13.2 Å². The Morgan fingerprint density at radius 3 is 2.10 bits per heavy atom. The molecule has 2 unspecified atom stereocenters. The summed E-state index contributed by atoms with van der Waals surface area (Å²) in [5.74, 6) is 0.724. The molecule has 1 N–H and O–H groups in total. The van der Waals surface area contributed by atoms with Gasteiger partial charge in [0.1, 0.15) is 0 Å².